The maximum absolute atomic E-state index is 11.5. The van der Waals surface area contributed by atoms with Crippen molar-refractivity contribution in [2.75, 3.05) is 13.1 Å². The Labute approximate surface area is 154 Å². The Morgan fingerprint density at radius 3 is 2.48 bits per heavy atom. The predicted molar refractivity (Wildman–Crippen MR) is 103 cm³/mol. The molecule has 1 aliphatic rings. The number of aliphatic carboxylic acids is 1. The molecule has 3 rings (SSSR count). The number of aryl methyl sites for hydroxylation is 1. The molecule has 0 aliphatic carbocycles. The highest BCUT2D eigenvalue weighted by Crippen LogP contribution is 2.36. The van der Waals surface area contributed by atoms with Gasteiger partial charge in [0, 0.05) is 11.4 Å². The molecule has 1 aromatic carbocycles. The molecule has 2 atom stereocenters. The molecule has 0 amide bonds. The monoisotopic (exact) mass is 357 g/mol. The van der Waals surface area contributed by atoms with Crippen molar-refractivity contribution in [3.05, 3.63) is 57.3 Å². The van der Waals surface area contributed by atoms with E-state index in [2.05, 4.69) is 61.4 Å². The first kappa shape index (κ1) is 18.2. The quantitative estimate of drug-likeness (QED) is 0.812. The second kappa shape index (κ2) is 7.71. The highest BCUT2D eigenvalue weighted by molar-refractivity contribution is 7.10. The molecule has 1 N–H and O–H groups in total. The van der Waals surface area contributed by atoms with Crippen LogP contribution >= 0.6 is 11.3 Å². The van der Waals surface area contributed by atoms with Gasteiger partial charge in [-0.05, 0) is 60.4 Å². The molecule has 25 heavy (non-hydrogen) atoms. The van der Waals surface area contributed by atoms with Crippen molar-refractivity contribution in [3.63, 3.8) is 0 Å². The standard InChI is InChI=1S/C21H27NO2S/c1-14(2)16-6-8-17(9-7-16)20(19-11-15(3)13-25-19)22-10-4-5-18(12-22)21(23)24/h6-9,11,13-14,18,20H,4-5,10,12H2,1-3H3,(H,23,24). The summed E-state index contributed by atoms with van der Waals surface area (Å²) in [5.41, 5.74) is 3.87. The van der Waals surface area contributed by atoms with Crippen molar-refractivity contribution < 1.29 is 9.90 Å². The number of carbonyl (C=O) groups is 1. The maximum Gasteiger partial charge on any atom is 0.307 e. The van der Waals surface area contributed by atoms with E-state index in [9.17, 15) is 9.90 Å². The van der Waals surface area contributed by atoms with E-state index in [-0.39, 0.29) is 12.0 Å². The highest BCUT2D eigenvalue weighted by atomic mass is 32.1. The number of rotatable bonds is 5. The van der Waals surface area contributed by atoms with Gasteiger partial charge in [0.05, 0.1) is 12.0 Å². The molecule has 2 aromatic rings. The van der Waals surface area contributed by atoms with E-state index in [0.717, 1.165) is 19.4 Å². The van der Waals surface area contributed by atoms with Crippen molar-refractivity contribution in [1.82, 2.24) is 4.90 Å². The second-order valence-electron chi connectivity index (χ2n) is 7.42. The van der Waals surface area contributed by atoms with Gasteiger partial charge in [-0.25, -0.2) is 0 Å². The Hall–Kier alpha value is -1.65. The lowest BCUT2D eigenvalue weighted by molar-refractivity contribution is -0.143. The summed E-state index contributed by atoms with van der Waals surface area (Å²) < 4.78 is 0. The number of hydrogen-bond acceptors (Lipinski definition) is 3. The van der Waals surface area contributed by atoms with Gasteiger partial charge in [0.1, 0.15) is 0 Å². The number of hydrogen-bond donors (Lipinski definition) is 1. The van der Waals surface area contributed by atoms with Gasteiger partial charge in [-0.2, -0.15) is 0 Å². The van der Waals surface area contributed by atoms with Crippen LogP contribution in [0.4, 0.5) is 0 Å². The normalized spacial score (nSPS) is 19.9. The van der Waals surface area contributed by atoms with E-state index in [4.69, 9.17) is 0 Å². The van der Waals surface area contributed by atoms with Crippen LogP contribution in [0.1, 0.15) is 60.2 Å². The molecule has 0 bridgehead atoms. The smallest absolute Gasteiger partial charge is 0.307 e. The van der Waals surface area contributed by atoms with Crippen molar-refractivity contribution in [2.24, 2.45) is 5.92 Å². The number of likely N-dealkylation sites (tertiary alicyclic amines) is 1. The molecular weight excluding hydrogens is 330 g/mol. The largest absolute Gasteiger partial charge is 0.481 e. The van der Waals surface area contributed by atoms with Gasteiger partial charge in [-0.15, -0.1) is 11.3 Å². The maximum atomic E-state index is 11.5. The third-order valence-electron chi connectivity index (χ3n) is 5.11. The third-order valence-corrected chi connectivity index (χ3v) is 6.21. The van der Waals surface area contributed by atoms with Gasteiger partial charge in [-0.3, -0.25) is 9.69 Å². The molecule has 2 heterocycles. The first-order valence-corrected chi connectivity index (χ1v) is 9.95. The van der Waals surface area contributed by atoms with E-state index in [0.29, 0.717) is 12.5 Å². The van der Waals surface area contributed by atoms with Crippen LogP contribution < -0.4 is 0 Å². The molecule has 1 aliphatic heterocycles. The fourth-order valence-electron chi connectivity index (χ4n) is 3.66. The number of nitrogens with zero attached hydrogens (tertiary/aromatic N) is 1. The van der Waals surface area contributed by atoms with Gasteiger partial charge < -0.3 is 5.11 Å². The number of carboxylic acid groups (broad SMARTS) is 1. The van der Waals surface area contributed by atoms with Crippen molar-refractivity contribution in [2.45, 2.75) is 45.6 Å². The Morgan fingerprint density at radius 2 is 1.92 bits per heavy atom. The van der Waals surface area contributed by atoms with Crippen molar-refractivity contribution >= 4 is 17.3 Å². The Kier molecular flexibility index (Phi) is 5.60. The van der Waals surface area contributed by atoms with Gasteiger partial charge in [0.2, 0.25) is 0 Å². The molecule has 1 aromatic heterocycles. The molecule has 0 saturated carbocycles. The van der Waals surface area contributed by atoms with E-state index in [1.807, 2.05) is 0 Å². The lowest BCUT2D eigenvalue weighted by Gasteiger charge is -2.37. The summed E-state index contributed by atoms with van der Waals surface area (Å²) in [6.45, 7) is 8.11. The van der Waals surface area contributed by atoms with Crippen LogP contribution in [0.5, 0.6) is 0 Å². The average molecular weight is 358 g/mol. The first-order valence-electron chi connectivity index (χ1n) is 9.07. The third kappa shape index (κ3) is 4.13. The van der Waals surface area contributed by atoms with Crippen LogP contribution in [0, 0.1) is 12.8 Å². The van der Waals surface area contributed by atoms with E-state index >= 15 is 0 Å². The van der Waals surface area contributed by atoms with Gasteiger partial charge in [0.15, 0.2) is 0 Å². The van der Waals surface area contributed by atoms with Crippen molar-refractivity contribution in [3.8, 4) is 0 Å². The average Bonchev–Trinajstić information content (AvgIpc) is 3.02. The fraction of sp³-hybridized carbons (Fsp3) is 0.476. The second-order valence-corrected chi connectivity index (χ2v) is 8.37. The Balaban J connectivity index is 1.94. The zero-order valence-corrected chi connectivity index (χ0v) is 16.1. The molecule has 0 radical (unpaired) electrons. The summed E-state index contributed by atoms with van der Waals surface area (Å²) in [6, 6.07) is 11.3. The van der Waals surface area contributed by atoms with Crippen LogP contribution in [0.3, 0.4) is 0 Å². The summed E-state index contributed by atoms with van der Waals surface area (Å²) in [5.74, 6) is -0.406. The summed E-state index contributed by atoms with van der Waals surface area (Å²) in [5, 5.41) is 11.6. The summed E-state index contributed by atoms with van der Waals surface area (Å²) in [6.07, 6.45) is 1.73. The minimum absolute atomic E-state index is 0.155. The highest BCUT2D eigenvalue weighted by Gasteiger charge is 2.31. The predicted octanol–water partition coefficient (Wildman–Crippen LogP) is 5.07. The van der Waals surface area contributed by atoms with E-state index in [1.54, 1.807) is 11.3 Å². The molecule has 2 unspecified atom stereocenters. The summed E-state index contributed by atoms with van der Waals surface area (Å²) in [4.78, 5) is 15.2. The number of thiophene rings is 1. The van der Waals surface area contributed by atoms with Crippen LogP contribution in [0.15, 0.2) is 35.7 Å². The first-order chi connectivity index (χ1) is 12.0. The minimum atomic E-state index is -0.666. The minimum Gasteiger partial charge on any atom is -0.481 e. The molecular formula is C21H27NO2S. The molecule has 3 nitrogen and oxygen atoms in total. The van der Waals surface area contributed by atoms with Crippen molar-refractivity contribution in [1.29, 1.82) is 0 Å². The Bertz CT molecular complexity index is 720. The molecule has 0 spiro atoms. The SMILES string of the molecule is Cc1csc(C(c2ccc(C(C)C)cc2)N2CCCC(C(=O)O)C2)c1. The van der Waals surface area contributed by atoms with E-state index in [1.165, 1.54) is 21.6 Å². The van der Waals surface area contributed by atoms with Gasteiger partial charge in [0.25, 0.3) is 0 Å². The van der Waals surface area contributed by atoms with Gasteiger partial charge >= 0.3 is 5.97 Å². The van der Waals surface area contributed by atoms with Crippen LogP contribution in [0.2, 0.25) is 0 Å². The number of benzene rings is 1. The lowest BCUT2D eigenvalue weighted by Crippen LogP contribution is -2.41. The Morgan fingerprint density at radius 1 is 1.24 bits per heavy atom. The zero-order chi connectivity index (χ0) is 18.0. The lowest BCUT2D eigenvalue weighted by atomic mass is 9.93. The molecule has 134 valence electrons. The molecule has 1 saturated heterocycles. The zero-order valence-electron chi connectivity index (χ0n) is 15.2. The van der Waals surface area contributed by atoms with Crippen LogP contribution in [-0.2, 0) is 4.79 Å². The van der Waals surface area contributed by atoms with Crippen LogP contribution in [-0.4, -0.2) is 29.1 Å². The molecule has 4 heteroatoms. The summed E-state index contributed by atoms with van der Waals surface area (Å²) in [7, 11) is 0. The number of piperidine rings is 1. The molecule has 1 fully saturated rings. The fourth-order valence-corrected chi connectivity index (χ4v) is 4.72. The van der Waals surface area contributed by atoms with E-state index < -0.39 is 5.97 Å². The van der Waals surface area contributed by atoms with Crippen LogP contribution in [0.25, 0.3) is 0 Å². The summed E-state index contributed by atoms with van der Waals surface area (Å²) >= 11 is 1.78. The topological polar surface area (TPSA) is 40.5 Å². The van der Waals surface area contributed by atoms with Gasteiger partial charge in [-0.1, -0.05) is 38.1 Å². The number of carboxylic acids is 1.